The average Bonchev–Trinajstić information content (AvgIpc) is 2.80. The number of thiophene rings is 1. The Balaban J connectivity index is 2.49. The zero-order valence-electron chi connectivity index (χ0n) is 8.74. The minimum absolute atomic E-state index is 0.0868. The van der Waals surface area contributed by atoms with Crippen LogP contribution in [0.1, 0.15) is 16.6 Å². The van der Waals surface area contributed by atoms with Crippen LogP contribution in [-0.4, -0.2) is 22.0 Å². The van der Waals surface area contributed by atoms with Gasteiger partial charge in [-0.15, -0.1) is 16.4 Å². The molecule has 0 radical (unpaired) electrons. The highest BCUT2D eigenvalue weighted by Crippen LogP contribution is 2.34. The fourth-order valence-corrected chi connectivity index (χ4v) is 3.82. The van der Waals surface area contributed by atoms with Gasteiger partial charge < -0.3 is 5.32 Å². The number of rotatable bonds is 3. The van der Waals surface area contributed by atoms with Gasteiger partial charge in [-0.3, -0.25) is 0 Å². The molecule has 7 heteroatoms. The predicted molar refractivity (Wildman–Crippen MR) is 71.6 cm³/mol. The van der Waals surface area contributed by atoms with Crippen LogP contribution in [0, 0.1) is 0 Å². The first-order valence-corrected chi connectivity index (χ1v) is 7.07. The van der Waals surface area contributed by atoms with Crippen LogP contribution in [0.4, 0.5) is 0 Å². The van der Waals surface area contributed by atoms with E-state index in [9.17, 15) is 0 Å². The van der Waals surface area contributed by atoms with Crippen molar-refractivity contribution in [3.63, 3.8) is 0 Å². The molecule has 0 bridgehead atoms. The molecule has 0 saturated carbocycles. The molecular formula is C9H10Br2N4S. The molecule has 16 heavy (non-hydrogen) atoms. The molecule has 4 nitrogen and oxygen atoms in total. The first-order valence-electron chi connectivity index (χ1n) is 4.60. The Morgan fingerprint density at radius 1 is 1.50 bits per heavy atom. The fraction of sp³-hybridized carbons (Fsp3) is 0.333. The van der Waals surface area contributed by atoms with Gasteiger partial charge in [0.1, 0.15) is 0 Å². The summed E-state index contributed by atoms with van der Waals surface area (Å²) in [7, 11) is 3.81. The summed E-state index contributed by atoms with van der Waals surface area (Å²) in [6.07, 6.45) is 0. The van der Waals surface area contributed by atoms with Crippen molar-refractivity contribution in [2.75, 3.05) is 7.05 Å². The minimum atomic E-state index is 0.0868. The fourth-order valence-electron chi connectivity index (χ4n) is 1.55. The van der Waals surface area contributed by atoms with Gasteiger partial charge in [-0.25, -0.2) is 4.68 Å². The zero-order chi connectivity index (χ0) is 11.7. The maximum atomic E-state index is 4.00. The molecule has 0 saturated heterocycles. The summed E-state index contributed by atoms with van der Waals surface area (Å²) in [5, 5.41) is 13.3. The second kappa shape index (κ2) is 4.95. The van der Waals surface area contributed by atoms with E-state index in [0.717, 1.165) is 14.8 Å². The van der Waals surface area contributed by atoms with Crippen molar-refractivity contribution >= 4 is 43.2 Å². The molecular weight excluding hydrogens is 356 g/mol. The summed E-state index contributed by atoms with van der Waals surface area (Å²) < 4.78 is 3.65. The van der Waals surface area contributed by atoms with E-state index in [1.165, 1.54) is 4.88 Å². The van der Waals surface area contributed by atoms with E-state index in [0.29, 0.717) is 0 Å². The van der Waals surface area contributed by atoms with Crippen LogP contribution in [0.2, 0.25) is 0 Å². The molecule has 2 heterocycles. The predicted octanol–water partition coefficient (Wildman–Crippen LogP) is 2.71. The number of hydrogen-bond donors (Lipinski definition) is 1. The minimum Gasteiger partial charge on any atom is -0.307 e. The molecule has 0 aliphatic rings. The first kappa shape index (κ1) is 12.2. The van der Waals surface area contributed by atoms with Crippen molar-refractivity contribution in [2.45, 2.75) is 6.04 Å². The lowest BCUT2D eigenvalue weighted by Crippen LogP contribution is -2.20. The zero-order valence-corrected chi connectivity index (χ0v) is 12.7. The maximum absolute atomic E-state index is 4.00. The van der Waals surface area contributed by atoms with E-state index < -0.39 is 0 Å². The van der Waals surface area contributed by atoms with Gasteiger partial charge in [0.15, 0.2) is 4.60 Å². The van der Waals surface area contributed by atoms with Crippen LogP contribution in [0.25, 0.3) is 0 Å². The van der Waals surface area contributed by atoms with Crippen molar-refractivity contribution in [3.05, 3.63) is 31.1 Å². The molecule has 0 aliphatic carbocycles. The first-order chi connectivity index (χ1) is 7.65. The quantitative estimate of drug-likeness (QED) is 0.909. The van der Waals surface area contributed by atoms with Crippen LogP contribution in [-0.2, 0) is 7.05 Å². The van der Waals surface area contributed by atoms with Crippen LogP contribution < -0.4 is 5.32 Å². The lowest BCUT2D eigenvalue weighted by Gasteiger charge is -2.15. The second-order valence-corrected chi connectivity index (χ2v) is 5.80. The lowest BCUT2D eigenvalue weighted by atomic mass is 10.2. The Bertz CT molecular complexity index is 474. The van der Waals surface area contributed by atoms with E-state index in [4.69, 9.17) is 0 Å². The third-order valence-corrected chi connectivity index (χ3v) is 4.80. The normalized spacial score (nSPS) is 13.0. The third-order valence-electron chi connectivity index (χ3n) is 2.30. The van der Waals surface area contributed by atoms with E-state index in [1.54, 1.807) is 16.0 Å². The van der Waals surface area contributed by atoms with Crippen molar-refractivity contribution in [1.82, 2.24) is 20.3 Å². The Morgan fingerprint density at radius 2 is 2.25 bits per heavy atom. The molecule has 0 aliphatic heterocycles. The number of aromatic nitrogens is 3. The average molecular weight is 366 g/mol. The van der Waals surface area contributed by atoms with Gasteiger partial charge >= 0.3 is 0 Å². The Morgan fingerprint density at radius 3 is 2.69 bits per heavy atom. The van der Waals surface area contributed by atoms with E-state index >= 15 is 0 Å². The van der Waals surface area contributed by atoms with Crippen molar-refractivity contribution in [1.29, 1.82) is 0 Å². The van der Waals surface area contributed by atoms with Crippen LogP contribution in [0.5, 0.6) is 0 Å². The Labute approximate surface area is 114 Å². The number of halogens is 2. The van der Waals surface area contributed by atoms with Crippen LogP contribution >= 0.6 is 43.2 Å². The Hall–Kier alpha value is -0.240. The Kier molecular flexibility index (Phi) is 3.78. The summed E-state index contributed by atoms with van der Waals surface area (Å²) in [4.78, 5) is 1.22. The largest absolute Gasteiger partial charge is 0.307 e. The molecule has 1 atom stereocenters. The van der Waals surface area contributed by atoms with E-state index in [-0.39, 0.29) is 6.04 Å². The second-order valence-electron chi connectivity index (χ2n) is 3.24. The summed E-state index contributed by atoms with van der Waals surface area (Å²) in [6.45, 7) is 0. The molecule has 0 aromatic carbocycles. The van der Waals surface area contributed by atoms with Crippen molar-refractivity contribution in [3.8, 4) is 0 Å². The van der Waals surface area contributed by atoms with Gasteiger partial charge in [-0.05, 0) is 50.4 Å². The molecule has 86 valence electrons. The van der Waals surface area contributed by atoms with Gasteiger partial charge in [0.05, 0.1) is 11.7 Å². The standard InChI is InChI=1S/C9H10Br2N4S/c1-12-6(8-5(10)3-4-16-8)7-9(11)13-14-15(7)2/h3-4,6,12H,1-2H3. The number of aryl methyl sites for hydroxylation is 1. The van der Waals surface area contributed by atoms with Crippen molar-refractivity contribution < 1.29 is 0 Å². The van der Waals surface area contributed by atoms with Crippen LogP contribution in [0.15, 0.2) is 20.5 Å². The van der Waals surface area contributed by atoms with Crippen LogP contribution in [0.3, 0.4) is 0 Å². The van der Waals surface area contributed by atoms with Gasteiger partial charge in [-0.1, -0.05) is 5.21 Å². The van der Waals surface area contributed by atoms with Gasteiger partial charge in [0.25, 0.3) is 0 Å². The SMILES string of the molecule is CNC(c1sccc1Br)c1c(Br)nnn1C. The van der Waals surface area contributed by atoms with Gasteiger partial charge in [0, 0.05) is 16.4 Å². The summed E-state index contributed by atoms with van der Waals surface area (Å²) in [6, 6.07) is 2.13. The third kappa shape index (κ3) is 2.09. The van der Waals surface area contributed by atoms with E-state index in [1.807, 2.05) is 20.2 Å². The van der Waals surface area contributed by atoms with E-state index in [2.05, 4.69) is 52.9 Å². The smallest absolute Gasteiger partial charge is 0.153 e. The number of nitrogens with zero attached hydrogens (tertiary/aromatic N) is 3. The maximum Gasteiger partial charge on any atom is 0.153 e. The number of nitrogens with one attached hydrogen (secondary N) is 1. The highest BCUT2D eigenvalue weighted by Gasteiger charge is 2.23. The summed E-state index contributed by atoms with van der Waals surface area (Å²) in [5.41, 5.74) is 1.02. The topological polar surface area (TPSA) is 42.7 Å². The lowest BCUT2D eigenvalue weighted by molar-refractivity contribution is 0.602. The van der Waals surface area contributed by atoms with Crippen molar-refractivity contribution in [2.24, 2.45) is 7.05 Å². The molecule has 2 aromatic rings. The monoisotopic (exact) mass is 364 g/mol. The molecule has 0 amide bonds. The molecule has 1 unspecified atom stereocenters. The van der Waals surface area contributed by atoms with Gasteiger partial charge in [0.2, 0.25) is 0 Å². The van der Waals surface area contributed by atoms with Gasteiger partial charge in [-0.2, -0.15) is 0 Å². The highest BCUT2D eigenvalue weighted by atomic mass is 79.9. The molecule has 2 rings (SSSR count). The molecule has 1 N–H and O–H groups in total. The highest BCUT2D eigenvalue weighted by molar-refractivity contribution is 9.10. The number of hydrogen-bond acceptors (Lipinski definition) is 4. The summed E-state index contributed by atoms with van der Waals surface area (Å²) >= 11 is 8.67. The molecule has 0 spiro atoms. The summed E-state index contributed by atoms with van der Waals surface area (Å²) in [5.74, 6) is 0. The molecule has 2 aromatic heterocycles. The molecule has 0 fully saturated rings.